The molecule has 0 N–H and O–H groups in total. The third-order valence-corrected chi connectivity index (χ3v) is 3.86. The van der Waals surface area contributed by atoms with Gasteiger partial charge in [0.1, 0.15) is 0 Å². The molecule has 0 aromatic heterocycles. The van der Waals surface area contributed by atoms with Crippen LogP contribution in [0.25, 0.3) is 0 Å². The summed E-state index contributed by atoms with van der Waals surface area (Å²) in [4.78, 5) is 13.2. The van der Waals surface area contributed by atoms with Crippen LogP contribution >= 0.6 is 0 Å². The van der Waals surface area contributed by atoms with Crippen molar-refractivity contribution in [3.8, 4) is 11.5 Å². The number of ether oxygens (including phenoxy) is 2. The Balaban J connectivity index is 1.85. The highest BCUT2D eigenvalue weighted by molar-refractivity contribution is 5.55. The number of rotatable bonds is 3. The van der Waals surface area contributed by atoms with Gasteiger partial charge in [-0.3, -0.25) is 15.0 Å². The summed E-state index contributed by atoms with van der Waals surface area (Å²) in [5.41, 5.74) is 0.833. The smallest absolute Gasteiger partial charge is 0.277 e. The van der Waals surface area contributed by atoms with E-state index in [1.807, 2.05) is 0 Å². The average Bonchev–Trinajstić information content (AvgIpc) is 2.73. The summed E-state index contributed by atoms with van der Waals surface area (Å²) < 4.78 is 10.5. The van der Waals surface area contributed by atoms with Crippen LogP contribution in [0.5, 0.6) is 11.5 Å². The lowest BCUT2D eigenvalue weighted by Gasteiger charge is -2.19. The van der Waals surface area contributed by atoms with E-state index < -0.39 is 0 Å². The minimum atomic E-state index is -0.338. The molecule has 0 radical (unpaired) electrons. The van der Waals surface area contributed by atoms with Crippen LogP contribution in [0.2, 0.25) is 0 Å². The monoisotopic (exact) mass is 278 g/mol. The molecule has 6 nitrogen and oxygen atoms in total. The van der Waals surface area contributed by atoms with E-state index in [1.165, 1.54) is 31.7 Å². The van der Waals surface area contributed by atoms with Gasteiger partial charge < -0.3 is 9.47 Å². The molecule has 2 heterocycles. The molecule has 0 aliphatic carbocycles. The zero-order valence-corrected chi connectivity index (χ0v) is 11.3. The van der Waals surface area contributed by atoms with Crippen LogP contribution < -0.4 is 9.47 Å². The Morgan fingerprint density at radius 1 is 1.10 bits per heavy atom. The predicted molar refractivity (Wildman–Crippen MR) is 73.0 cm³/mol. The number of nitro groups is 1. The molecular formula is C14H18N2O4. The first kappa shape index (κ1) is 13.2. The van der Waals surface area contributed by atoms with Crippen molar-refractivity contribution in [3.63, 3.8) is 0 Å². The highest BCUT2D eigenvalue weighted by Crippen LogP contribution is 2.38. The van der Waals surface area contributed by atoms with Crippen LogP contribution in [0.4, 0.5) is 5.69 Å². The molecule has 2 aliphatic heterocycles. The van der Waals surface area contributed by atoms with E-state index in [4.69, 9.17) is 9.47 Å². The summed E-state index contributed by atoms with van der Waals surface area (Å²) in [6.45, 7) is 2.75. The van der Waals surface area contributed by atoms with Gasteiger partial charge in [0.2, 0.25) is 6.79 Å². The van der Waals surface area contributed by atoms with Gasteiger partial charge in [-0.25, -0.2) is 0 Å². The van der Waals surface area contributed by atoms with Gasteiger partial charge in [-0.05, 0) is 32.0 Å². The second-order valence-electron chi connectivity index (χ2n) is 5.28. The Labute approximate surface area is 117 Å². The lowest BCUT2D eigenvalue weighted by Crippen LogP contribution is -2.24. The molecular weight excluding hydrogens is 260 g/mol. The van der Waals surface area contributed by atoms with Gasteiger partial charge in [-0.15, -0.1) is 0 Å². The van der Waals surface area contributed by atoms with Gasteiger partial charge in [-0.1, -0.05) is 12.8 Å². The highest BCUT2D eigenvalue weighted by atomic mass is 16.7. The minimum absolute atomic E-state index is 0.124. The molecule has 1 aromatic carbocycles. The standard InChI is InChI=1S/C14H18N2O4/c17-16(18)12-8-14-13(19-10-20-14)7-11(12)9-15-5-3-1-2-4-6-15/h7-8H,1-6,9-10H2. The topological polar surface area (TPSA) is 64.8 Å². The van der Waals surface area contributed by atoms with Crippen molar-refractivity contribution < 1.29 is 14.4 Å². The number of hydrogen-bond donors (Lipinski definition) is 0. The minimum Gasteiger partial charge on any atom is -0.454 e. The Hall–Kier alpha value is -1.82. The van der Waals surface area contributed by atoms with E-state index in [-0.39, 0.29) is 17.4 Å². The van der Waals surface area contributed by atoms with Crippen molar-refractivity contribution in [2.45, 2.75) is 32.2 Å². The van der Waals surface area contributed by atoms with Crippen molar-refractivity contribution >= 4 is 5.69 Å². The maximum Gasteiger partial charge on any atom is 0.277 e. The van der Waals surface area contributed by atoms with E-state index in [1.54, 1.807) is 6.07 Å². The Bertz CT molecular complexity index is 510. The molecule has 0 bridgehead atoms. The maximum absolute atomic E-state index is 11.2. The molecule has 0 amide bonds. The first-order chi connectivity index (χ1) is 9.74. The first-order valence-electron chi connectivity index (χ1n) is 7.03. The average molecular weight is 278 g/mol. The van der Waals surface area contributed by atoms with Crippen molar-refractivity contribution in [2.24, 2.45) is 0 Å². The van der Waals surface area contributed by atoms with E-state index in [0.29, 0.717) is 23.6 Å². The summed E-state index contributed by atoms with van der Waals surface area (Å²) in [7, 11) is 0. The number of fused-ring (bicyclic) bond motifs is 1. The number of nitrogens with zero attached hydrogens (tertiary/aromatic N) is 2. The van der Waals surface area contributed by atoms with E-state index >= 15 is 0 Å². The van der Waals surface area contributed by atoms with E-state index in [9.17, 15) is 10.1 Å². The summed E-state index contributed by atoms with van der Waals surface area (Å²) in [5.74, 6) is 1.08. The Kier molecular flexibility index (Phi) is 3.73. The van der Waals surface area contributed by atoms with Crippen molar-refractivity contribution in [1.29, 1.82) is 0 Å². The van der Waals surface area contributed by atoms with Gasteiger partial charge in [0.15, 0.2) is 11.5 Å². The molecule has 2 aliphatic rings. The van der Waals surface area contributed by atoms with Gasteiger partial charge in [0.05, 0.1) is 11.0 Å². The number of benzene rings is 1. The van der Waals surface area contributed by atoms with Crippen LogP contribution in [-0.4, -0.2) is 29.7 Å². The van der Waals surface area contributed by atoms with Crippen LogP contribution in [-0.2, 0) is 6.54 Å². The fraction of sp³-hybridized carbons (Fsp3) is 0.571. The first-order valence-corrected chi connectivity index (χ1v) is 7.03. The Morgan fingerprint density at radius 3 is 2.40 bits per heavy atom. The molecule has 1 saturated heterocycles. The third-order valence-electron chi connectivity index (χ3n) is 3.86. The fourth-order valence-corrected chi connectivity index (χ4v) is 2.81. The zero-order valence-electron chi connectivity index (χ0n) is 11.3. The number of hydrogen-bond acceptors (Lipinski definition) is 5. The second-order valence-corrected chi connectivity index (χ2v) is 5.28. The third kappa shape index (κ3) is 2.70. The summed E-state index contributed by atoms with van der Waals surface area (Å²) >= 11 is 0. The van der Waals surface area contributed by atoms with Gasteiger partial charge >= 0.3 is 0 Å². The van der Waals surface area contributed by atoms with Gasteiger partial charge in [-0.2, -0.15) is 0 Å². The molecule has 0 atom stereocenters. The number of nitro benzene ring substituents is 1. The summed E-state index contributed by atoms with van der Waals surface area (Å²) in [6.07, 6.45) is 4.83. The maximum atomic E-state index is 11.2. The molecule has 0 saturated carbocycles. The summed E-state index contributed by atoms with van der Waals surface area (Å²) in [5, 5.41) is 11.2. The van der Waals surface area contributed by atoms with Gasteiger partial charge in [0.25, 0.3) is 5.69 Å². The summed E-state index contributed by atoms with van der Waals surface area (Å²) in [6, 6.07) is 3.24. The van der Waals surface area contributed by atoms with Crippen molar-refractivity contribution in [3.05, 3.63) is 27.8 Å². The SMILES string of the molecule is O=[N+]([O-])c1cc2c(cc1CN1CCCCCC1)OCO2. The molecule has 108 valence electrons. The van der Waals surface area contributed by atoms with Crippen LogP contribution in [0, 0.1) is 10.1 Å². The lowest BCUT2D eigenvalue weighted by molar-refractivity contribution is -0.385. The van der Waals surface area contributed by atoms with Gasteiger partial charge in [0, 0.05) is 12.1 Å². The largest absolute Gasteiger partial charge is 0.454 e. The molecule has 20 heavy (non-hydrogen) atoms. The fourth-order valence-electron chi connectivity index (χ4n) is 2.81. The normalized spacial score (nSPS) is 18.8. The van der Waals surface area contributed by atoms with E-state index in [2.05, 4.69) is 4.90 Å². The lowest BCUT2D eigenvalue weighted by atomic mass is 10.1. The molecule has 0 spiro atoms. The van der Waals surface area contributed by atoms with Crippen molar-refractivity contribution in [2.75, 3.05) is 19.9 Å². The zero-order chi connectivity index (χ0) is 13.9. The number of likely N-dealkylation sites (tertiary alicyclic amines) is 1. The molecule has 3 rings (SSSR count). The molecule has 1 aromatic rings. The van der Waals surface area contributed by atoms with E-state index in [0.717, 1.165) is 13.1 Å². The van der Waals surface area contributed by atoms with Crippen LogP contribution in [0.3, 0.4) is 0 Å². The predicted octanol–water partition coefficient (Wildman–Crippen LogP) is 2.70. The van der Waals surface area contributed by atoms with Crippen LogP contribution in [0.15, 0.2) is 12.1 Å². The molecule has 6 heteroatoms. The molecule has 1 fully saturated rings. The van der Waals surface area contributed by atoms with Crippen LogP contribution in [0.1, 0.15) is 31.2 Å². The molecule has 0 unspecified atom stereocenters. The highest BCUT2D eigenvalue weighted by Gasteiger charge is 2.24. The Morgan fingerprint density at radius 2 is 1.75 bits per heavy atom. The quantitative estimate of drug-likeness (QED) is 0.628. The van der Waals surface area contributed by atoms with Crippen molar-refractivity contribution in [1.82, 2.24) is 4.90 Å². The second kappa shape index (κ2) is 5.66.